The highest BCUT2D eigenvalue weighted by Gasteiger charge is 2.03. The number of benzene rings is 1. The summed E-state index contributed by atoms with van der Waals surface area (Å²) in [5.41, 5.74) is 5.87. The highest BCUT2D eigenvalue weighted by Crippen LogP contribution is 2.15. The molecule has 2 aromatic rings. The fraction of sp³-hybridized carbons (Fsp3) is 0. The number of nitrogens with two attached hydrogens (primary N) is 1. The van der Waals surface area contributed by atoms with Crippen molar-refractivity contribution in [2.45, 2.75) is 0 Å². The predicted molar refractivity (Wildman–Crippen MR) is 59.3 cm³/mol. The Labute approximate surface area is 90.9 Å². The molecule has 2 rings (SSSR count). The van der Waals surface area contributed by atoms with E-state index in [1.54, 1.807) is 30.3 Å². The number of aromatic nitrogens is 2. The Balaban J connectivity index is 2.69. The largest absolute Gasteiger partial charge is 0.385 e. The number of anilines is 1. The lowest BCUT2D eigenvalue weighted by atomic mass is 10.3. The van der Waals surface area contributed by atoms with E-state index in [1.807, 2.05) is 0 Å². The van der Waals surface area contributed by atoms with Crippen molar-refractivity contribution in [1.29, 1.82) is 0 Å². The fourth-order valence-corrected chi connectivity index (χ4v) is 1.48. The number of nitrogen functional groups attached to an aromatic ring is 1. The molecule has 1 aromatic carbocycles. The van der Waals surface area contributed by atoms with E-state index in [1.165, 1.54) is 10.8 Å². The summed E-state index contributed by atoms with van der Waals surface area (Å²) in [5.74, 6) is 0.331. The first-order valence-corrected chi connectivity index (χ1v) is 4.66. The number of rotatable bonds is 1. The summed E-state index contributed by atoms with van der Waals surface area (Å²) >= 11 is 5.82. The van der Waals surface area contributed by atoms with Crippen LogP contribution in [0.1, 0.15) is 0 Å². The summed E-state index contributed by atoms with van der Waals surface area (Å²) in [7, 11) is 0. The zero-order valence-corrected chi connectivity index (χ0v) is 8.48. The van der Waals surface area contributed by atoms with Gasteiger partial charge in [-0.2, -0.15) is 0 Å². The van der Waals surface area contributed by atoms with Gasteiger partial charge >= 0.3 is 5.69 Å². The molecule has 1 aromatic heterocycles. The van der Waals surface area contributed by atoms with E-state index in [9.17, 15) is 4.79 Å². The zero-order valence-electron chi connectivity index (χ0n) is 7.72. The Bertz CT molecular complexity index is 550. The molecule has 76 valence electrons. The quantitative estimate of drug-likeness (QED) is 0.793. The average Bonchev–Trinajstić information content (AvgIpc) is 2.17. The smallest absolute Gasteiger partial charge is 0.353 e. The van der Waals surface area contributed by atoms with Crippen LogP contribution in [0.25, 0.3) is 5.69 Å². The van der Waals surface area contributed by atoms with Crippen LogP contribution in [0.2, 0.25) is 5.02 Å². The maximum absolute atomic E-state index is 11.5. The van der Waals surface area contributed by atoms with Gasteiger partial charge in [-0.3, -0.25) is 0 Å². The summed E-state index contributed by atoms with van der Waals surface area (Å²) in [5, 5.41) is 0.544. The molecule has 0 aliphatic heterocycles. The van der Waals surface area contributed by atoms with Crippen LogP contribution in [0.15, 0.2) is 41.3 Å². The van der Waals surface area contributed by atoms with Crippen molar-refractivity contribution in [1.82, 2.24) is 9.55 Å². The van der Waals surface area contributed by atoms with E-state index >= 15 is 0 Å². The summed E-state index contributed by atoms with van der Waals surface area (Å²) in [4.78, 5) is 15.1. The summed E-state index contributed by atoms with van der Waals surface area (Å²) < 4.78 is 1.30. The van der Waals surface area contributed by atoms with Gasteiger partial charge in [-0.25, -0.2) is 14.3 Å². The normalized spacial score (nSPS) is 10.2. The highest BCUT2D eigenvalue weighted by molar-refractivity contribution is 6.30. The van der Waals surface area contributed by atoms with Crippen LogP contribution in [0.5, 0.6) is 0 Å². The van der Waals surface area contributed by atoms with Crippen molar-refractivity contribution in [3.63, 3.8) is 0 Å². The summed E-state index contributed by atoms with van der Waals surface area (Å²) in [6, 6.07) is 8.42. The third-order valence-electron chi connectivity index (χ3n) is 1.95. The minimum Gasteiger partial charge on any atom is -0.385 e. The second-order valence-electron chi connectivity index (χ2n) is 2.97. The number of halogens is 1. The molecule has 1 heterocycles. The molecule has 0 bridgehead atoms. The van der Waals surface area contributed by atoms with E-state index in [-0.39, 0.29) is 0 Å². The van der Waals surface area contributed by atoms with Gasteiger partial charge in [0.2, 0.25) is 0 Å². The third-order valence-corrected chi connectivity index (χ3v) is 2.18. The van der Waals surface area contributed by atoms with Gasteiger partial charge in [-0.05, 0) is 24.3 Å². The second-order valence-corrected chi connectivity index (χ2v) is 3.40. The van der Waals surface area contributed by atoms with Crippen LogP contribution in [0.3, 0.4) is 0 Å². The Morgan fingerprint density at radius 1 is 1.33 bits per heavy atom. The number of hydrogen-bond acceptors (Lipinski definition) is 3. The van der Waals surface area contributed by atoms with Gasteiger partial charge in [0.25, 0.3) is 0 Å². The molecule has 0 saturated heterocycles. The maximum Gasteiger partial charge on any atom is 0.353 e. The van der Waals surface area contributed by atoms with E-state index in [2.05, 4.69) is 4.98 Å². The molecule has 0 aliphatic carbocycles. The zero-order chi connectivity index (χ0) is 10.8. The molecule has 0 unspecified atom stereocenters. The van der Waals surface area contributed by atoms with Crippen LogP contribution in [0.4, 0.5) is 5.82 Å². The molecule has 2 N–H and O–H groups in total. The predicted octanol–water partition coefficient (Wildman–Crippen LogP) is 1.47. The Morgan fingerprint density at radius 3 is 2.80 bits per heavy atom. The van der Waals surface area contributed by atoms with Gasteiger partial charge in [0.05, 0.1) is 5.69 Å². The van der Waals surface area contributed by atoms with Crippen molar-refractivity contribution in [2.75, 3.05) is 5.73 Å². The topological polar surface area (TPSA) is 60.9 Å². The van der Waals surface area contributed by atoms with Gasteiger partial charge in [-0.15, -0.1) is 0 Å². The van der Waals surface area contributed by atoms with E-state index in [0.717, 1.165) is 0 Å². The lowest BCUT2D eigenvalue weighted by molar-refractivity contribution is 0.927. The third kappa shape index (κ3) is 1.85. The van der Waals surface area contributed by atoms with Crippen molar-refractivity contribution >= 4 is 17.4 Å². The minimum absolute atomic E-state index is 0.331. The Hall–Kier alpha value is -1.81. The minimum atomic E-state index is -0.419. The molecule has 0 saturated carbocycles. The number of hydrogen-bond donors (Lipinski definition) is 1. The lowest BCUT2D eigenvalue weighted by Crippen LogP contribution is -2.23. The molecule has 0 amide bonds. The average molecular weight is 222 g/mol. The van der Waals surface area contributed by atoms with Crippen molar-refractivity contribution in [3.8, 4) is 5.69 Å². The first-order chi connectivity index (χ1) is 7.18. The van der Waals surface area contributed by atoms with Crippen LogP contribution in [0, 0.1) is 0 Å². The van der Waals surface area contributed by atoms with Crippen molar-refractivity contribution in [3.05, 3.63) is 52.0 Å². The molecule has 15 heavy (non-hydrogen) atoms. The molecular weight excluding hydrogens is 214 g/mol. The fourth-order valence-electron chi connectivity index (χ4n) is 1.29. The molecule has 0 spiro atoms. The van der Waals surface area contributed by atoms with Gasteiger partial charge in [0.1, 0.15) is 5.82 Å². The highest BCUT2D eigenvalue weighted by atomic mass is 35.5. The molecule has 4 nitrogen and oxygen atoms in total. The van der Waals surface area contributed by atoms with Crippen LogP contribution in [-0.4, -0.2) is 9.55 Å². The summed E-state index contributed by atoms with van der Waals surface area (Å²) in [6.07, 6.45) is 1.37. The van der Waals surface area contributed by atoms with E-state index in [0.29, 0.717) is 16.5 Å². The molecule has 5 heteroatoms. The SMILES string of the molecule is Nc1ccnc(=O)n1-c1cccc(Cl)c1. The van der Waals surface area contributed by atoms with Gasteiger partial charge in [0, 0.05) is 11.2 Å². The molecule has 0 fully saturated rings. The lowest BCUT2D eigenvalue weighted by Gasteiger charge is -2.07. The van der Waals surface area contributed by atoms with E-state index < -0.39 is 5.69 Å². The Kier molecular flexibility index (Phi) is 2.43. The standard InChI is InChI=1S/C10H8ClN3O/c11-7-2-1-3-8(6-7)14-9(12)4-5-13-10(14)15/h1-6H,12H2. The monoisotopic (exact) mass is 221 g/mol. The van der Waals surface area contributed by atoms with Crippen molar-refractivity contribution < 1.29 is 0 Å². The van der Waals surface area contributed by atoms with Crippen molar-refractivity contribution in [2.24, 2.45) is 0 Å². The molecule has 0 radical (unpaired) electrons. The van der Waals surface area contributed by atoms with Gasteiger partial charge in [-0.1, -0.05) is 17.7 Å². The molecule has 0 atom stereocenters. The molecular formula is C10H8ClN3O. The first kappa shape index (κ1) is 9.73. The first-order valence-electron chi connectivity index (χ1n) is 4.28. The maximum atomic E-state index is 11.5. The van der Waals surface area contributed by atoms with Gasteiger partial charge in [0.15, 0.2) is 0 Å². The molecule has 0 aliphatic rings. The van der Waals surface area contributed by atoms with Gasteiger partial charge < -0.3 is 5.73 Å². The summed E-state index contributed by atoms with van der Waals surface area (Å²) in [6.45, 7) is 0. The van der Waals surface area contributed by atoms with E-state index in [4.69, 9.17) is 17.3 Å². The van der Waals surface area contributed by atoms with Crippen LogP contribution < -0.4 is 11.4 Å². The second kappa shape index (κ2) is 3.74. The Morgan fingerprint density at radius 2 is 2.13 bits per heavy atom. The van der Waals surface area contributed by atoms with Crippen LogP contribution >= 0.6 is 11.6 Å². The van der Waals surface area contributed by atoms with Crippen LogP contribution in [-0.2, 0) is 0 Å². The number of nitrogens with zero attached hydrogens (tertiary/aromatic N) is 2.